The summed E-state index contributed by atoms with van der Waals surface area (Å²) in [6, 6.07) is 9.47. The highest BCUT2D eigenvalue weighted by atomic mass is 19.1. The first-order valence-corrected chi connectivity index (χ1v) is 10.8. The number of nitrogens with one attached hydrogen (secondary N) is 1. The molecule has 8 nitrogen and oxygen atoms in total. The number of ketones is 1. The van der Waals surface area contributed by atoms with Crippen LogP contribution in [0.1, 0.15) is 28.0 Å². The van der Waals surface area contributed by atoms with Gasteiger partial charge in [-0.1, -0.05) is 12.1 Å². The standard InChI is InChI=1S/C24H23FN4O4/c1-32-23(31)21-19(14-29-8-10-33-11-9-29)27-22(18-4-2-3-7-26-18)28-24(21)13-20(30)16-12-15(25)5-6-17(16)24/h2-7,12H,8-11,13-14H2,1H3,(H,27,28). The average molecular weight is 450 g/mol. The highest BCUT2D eigenvalue weighted by molar-refractivity contribution is 6.09. The van der Waals surface area contributed by atoms with Gasteiger partial charge in [0.05, 0.1) is 25.9 Å². The number of aromatic nitrogens is 1. The molecular weight excluding hydrogens is 427 g/mol. The van der Waals surface area contributed by atoms with Gasteiger partial charge in [-0.2, -0.15) is 0 Å². The maximum absolute atomic E-state index is 14.0. The van der Waals surface area contributed by atoms with Gasteiger partial charge in [0.2, 0.25) is 0 Å². The monoisotopic (exact) mass is 450 g/mol. The third-order valence-electron chi connectivity index (χ3n) is 6.21. The van der Waals surface area contributed by atoms with Gasteiger partial charge in [-0.25, -0.2) is 14.2 Å². The molecule has 1 aromatic heterocycles. The van der Waals surface area contributed by atoms with Gasteiger partial charge in [0.15, 0.2) is 11.6 Å². The van der Waals surface area contributed by atoms with Crippen molar-refractivity contribution in [1.29, 1.82) is 0 Å². The van der Waals surface area contributed by atoms with E-state index in [2.05, 4.69) is 15.2 Å². The lowest BCUT2D eigenvalue weighted by atomic mass is 9.81. The number of fused-ring (bicyclic) bond motifs is 2. The van der Waals surface area contributed by atoms with E-state index in [-0.39, 0.29) is 23.3 Å². The highest BCUT2D eigenvalue weighted by Gasteiger charge is 2.52. The minimum absolute atomic E-state index is 0.0964. The number of aliphatic imine (C=N–C) groups is 1. The number of halogens is 1. The molecule has 0 bridgehead atoms. The molecule has 3 heterocycles. The van der Waals surface area contributed by atoms with Gasteiger partial charge in [0.25, 0.3) is 0 Å². The number of morpholine rings is 1. The molecule has 3 aliphatic rings. The SMILES string of the molecule is COC(=O)C1=C(CN2CCOCC2)NC(c2ccccn2)=NC12CC(=O)c1cc(F)ccc12. The lowest BCUT2D eigenvalue weighted by Crippen LogP contribution is -2.47. The number of Topliss-reactive ketones (excluding diaryl/α,β-unsaturated/α-hetero) is 1. The number of hydrogen-bond acceptors (Lipinski definition) is 8. The first kappa shape index (κ1) is 21.4. The van der Waals surface area contributed by atoms with Crippen LogP contribution in [0, 0.1) is 5.82 Å². The van der Waals surface area contributed by atoms with E-state index in [4.69, 9.17) is 14.5 Å². The lowest BCUT2D eigenvalue weighted by molar-refractivity contribution is -0.137. The molecule has 1 saturated heterocycles. The molecule has 170 valence electrons. The van der Waals surface area contributed by atoms with E-state index in [1.165, 1.54) is 25.3 Å². The van der Waals surface area contributed by atoms with E-state index < -0.39 is 17.3 Å². The second-order valence-corrected chi connectivity index (χ2v) is 8.18. The highest BCUT2D eigenvalue weighted by Crippen LogP contribution is 2.48. The molecule has 0 saturated carbocycles. The average Bonchev–Trinajstić information content (AvgIpc) is 3.10. The van der Waals surface area contributed by atoms with Gasteiger partial charge in [-0.05, 0) is 29.8 Å². The van der Waals surface area contributed by atoms with Crippen LogP contribution >= 0.6 is 0 Å². The first-order chi connectivity index (χ1) is 16.0. The topological polar surface area (TPSA) is 93.1 Å². The summed E-state index contributed by atoms with van der Waals surface area (Å²) in [7, 11) is 1.30. The van der Waals surface area contributed by atoms with E-state index in [1.54, 1.807) is 18.3 Å². The van der Waals surface area contributed by atoms with E-state index in [0.717, 1.165) is 0 Å². The molecule has 1 unspecified atom stereocenters. The van der Waals surface area contributed by atoms with E-state index in [1.807, 2.05) is 6.07 Å². The number of pyridine rings is 1. The fourth-order valence-corrected chi connectivity index (χ4v) is 4.70. The molecule has 0 amide bonds. The van der Waals surface area contributed by atoms with Crippen molar-refractivity contribution >= 4 is 17.6 Å². The molecule has 1 atom stereocenters. The predicted octanol–water partition coefficient (Wildman–Crippen LogP) is 1.81. The molecule has 1 spiro atoms. The van der Waals surface area contributed by atoms with E-state index >= 15 is 0 Å². The Morgan fingerprint density at radius 3 is 2.82 bits per heavy atom. The van der Waals surface area contributed by atoms with Crippen molar-refractivity contribution in [3.63, 3.8) is 0 Å². The molecule has 33 heavy (non-hydrogen) atoms. The van der Waals surface area contributed by atoms with Gasteiger partial charge in [-0.3, -0.25) is 14.7 Å². The summed E-state index contributed by atoms with van der Waals surface area (Å²) >= 11 is 0. The van der Waals surface area contributed by atoms with Crippen LogP contribution in [0.2, 0.25) is 0 Å². The summed E-state index contributed by atoms with van der Waals surface area (Å²) in [6.07, 6.45) is 1.55. The Labute approximate surface area is 190 Å². The summed E-state index contributed by atoms with van der Waals surface area (Å²) in [5, 5.41) is 3.29. The Morgan fingerprint density at radius 2 is 2.09 bits per heavy atom. The van der Waals surface area contributed by atoms with Crippen LogP contribution < -0.4 is 5.32 Å². The summed E-state index contributed by atoms with van der Waals surface area (Å²) in [4.78, 5) is 37.6. The fourth-order valence-electron chi connectivity index (χ4n) is 4.70. The summed E-state index contributed by atoms with van der Waals surface area (Å²) in [5.74, 6) is -0.933. The minimum atomic E-state index is -1.33. The number of methoxy groups -OCH3 is 1. The number of benzene rings is 1. The molecule has 5 rings (SSSR count). The Balaban J connectivity index is 1.72. The Hall–Kier alpha value is -3.43. The number of amidine groups is 1. The summed E-state index contributed by atoms with van der Waals surface area (Å²) in [5.41, 5.74) is 0.812. The van der Waals surface area contributed by atoms with Gasteiger partial charge < -0.3 is 14.8 Å². The molecule has 0 radical (unpaired) electrons. The van der Waals surface area contributed by atoms with Crippen LogP contribution in [0.15, 0.2) is 58.9 Å². The van der Waals surface area contributed by atoms with Crippen molar-refractivity contribution in [1.82, 2.24) is 15.2 Å². The second kappa shape index (κ2) is 8.49. The third kappa shape index (κ3) is 3.73. The fraction of sp³-hybridized carbons (Fsp3) is 0.333. The van der Waals surface area contributed by atoms with Crippen LogP contribution in [0.3, 0.4) is 0 Å². The zero-order chi connectivity index (χ0) is 23.0. The van der Waals surface area contributed by atoms with Crippen LogP contribution in [0.25, 0.3) is 0 Å². The van der Waals surface area contributed by atoms with Gasteiger partial charge in [-0.15, -0.1) is 0 Å². The molecule has 9 heteroatoms. The predicted molar refractivity (Wildman–Crippen MR) is 117 cm³/mol. The van der Waals surface area contributed by atoms with Crippen molar-refractivity contribution in [3.05, 3.63) is 76.5 Å². The number of nitrogens with zero attached hydrogens (tertiary/aromatic N) is 3. The molecule has 2 aliphatic heterocycles. The molecule has 1 fully saturated rings. The molecule has 1 N–H and O–H groups in total. The van der Waals surface area contributed by atoms with E-state index in [0.29, 0.717) is 55.6 Å². The van der Waals surface area contributed by atoms with Gasteiger partial charge in [0, 0.05) is 43.5 Å². The molecule has 1 aliphatic carbocycles. The Bertz CT molecular complexity index is 1170. The van der Waals surface area contributed by atoms with Crippen molar-refractivity contribution in [2.45, 2.75) is 12.0 Å². The smallest absolute Gasteiger partial charge is 0.338 e. The maximum atomic E-state index is 14.0. The van der Waals surface area contributed by atoms with Gasteiger partial charge in [0.1, 0.15) is 17.1 Å². The van der Waals surface area contributed by atoms with Crippen LogP contribution in [-0.2, 0) is 19.8 Å². The van der Waals surface area contributed by atoms with Crippen molar-refractivity contribution in [2.75, 3.05) is 40.0 Å². The van der Waals surface area contributed by atoms with Gasteiger partial charge >= 0.3 is 5.97 Å². The van der Waals surface area contributed by atoms with E-state index in [9.17, 15) is 14.0 Å². The van der Waals surface area contributed by atoms with Crippen molar-refractivity contribution < 1.29 is 23.5 Å². The van der Waals surface area contributed by atoms with Crippen molar-refractivity contribution in [2.24, 2.45) is 4.99 Å². The summed E-state index contributed by atoms with van der Waals surface area (Å²) < 4.78 is 24.6. The zero-order valence-corrected chi connectivity index (χ0v) is 18.1. The Kier molecular flexibility index (Phi) is 5.51. The number of carbonyl (C=O) groups excluding carboxylic acids is 2. The number of rotatable bonds is 4. The zero-order valence-electron chi connectivity index (χ0n) is 18.1. The number of esters is 1. The Morgan fingerprint density at radius 1 is 1.27 bits per heavy atom. The largest absolute Gasteiger partial charge is 0.466 e. The van der Waals surface area contributed by atoms with Crippen molar-refractivity contribution in [3.8, 4) is 0 Å². The van der Waals surface area contributed by atoms with Crippen LogP contribution in [-0.4, -0.2) is 67.4 Å². The molecular formula is C24H23FN4O4. The normalized spacial score (nSPS) is 22.7. The number of carbonyl (C=O) groups is 2. The first-order valence-electron chi connectivity index (χ1n) is 10.8. The van der Waals surface area contributed by atoms with Crippen LogP contribution in [0.5, 0.6) is 0 Å². The quantitative estimate of drug-likeness (QED) is 0.711. The third-order valence-corrected chi connectivity index (χ3v) is 6.21. The van der Waals surface area contributed by atoms with Crippen LogP contribution in [0.4, 0.5) is 4.39 Å². The lowest BCUT2D eigenvalue weighted by Gasteiger charge is -2.37. The summed E-state index contributed by atoms with van der Waals surface area (Å²) in [6.45, 7) is 2.99. The molecule has 1 aromatic carbocycles. The number of ether oxygens (including phenoxy) is 2. The number of hydrogen-bond donors (Lipinski definition) is 1. The maximum Gasteiger partial charge on any atom is 0.338 e. The minimum Gasteiger partial charge on any atom is -0.466 e. The molecule has 2 aromatic rings. The second-order valence-electron chi connectivity index (χ2n) is 8.18.